The van der Waals surface area contributed by atoms with E-state index in [1.807, 2.05) is 0 Å². The van der Waals surface area contributed by atoms with Gasteiger partial charge in [0.05, 0.1) is 17.7 Å². The summed E-state index contributed by atoms with van der Waals surface area (Å²) in [6.45, 7) is 4.38. The molecule has 1 aromatic carbocycles. The average Bonchev–Trinajstić information content (AvgIpc) is 2.40. The third-order valence-corrected chi connectivity index (χ3v) is 4.03. The molecule has 0 unspecified atom stereocenters. The van der Waals surface area contributed by atoms with Gasteiger partial charge in [-0.25, -0.2) is 0 Å². The predicted molar refractivity (Wildman–Crippen MR) is 86.2 cm³/mol. The molecule has 0 heterocycles. The summed E-state index contributed by atoms with van der Waals surface area (Å²) in [5, 5.41) is 6.61. The summed E-state index contributed by atoms with van der Waals surface area (Å²) in [5.74, 6) is 0.362. The Morgan fingerprint density at radius 1 is 1.37 bits per heavy atom. The van der Waals surface area contributed by atoms with Gasteiger partial charge in [0.15, 0.2) is 0 Å². The Balaban J connectivity index is 2.63. The van der Waals surface area contributed by atoms with Crippen molar-refractivity contribution >= 4 is 40.1 Å². The van der Waals surface area contributed by atoms with Crippen LogP contribution in [0.25, 0.3) is 0 Å². The fourth-order valence-electron chi connectivity index (χ4n) is 1.54. The van der Waals surface area contributed by atoms with Crippen LogP contribution in [-0.4, -0.2) is 32.7 Å². The maximum absolute atomic E-state index is 12.0. The fourth-order valence-corrected chi connectivity index (χ4v) is 2.14. The molecule has 0 aliphatic rings. The molecule has 2 N–H and O–H groups in total. The first-order valence-corrected chi connectivity index (χ1v) is 7.57. The molecule has 1 amide bonds. The van der Waals surface area contributed by atoms with Crippen molar-refractivity contribution in [3.8, 4) is 5.75 Å². The third-order valence-electron chi connectivity index (χ3n) is 2.50. The lowest BCUT2D eigenvalue weighted by atomic mass is 10.2. The van der Waals surface area contributed by atoms with Gasteiger partial charge >= 0.3 is 0 Å². The fraction of sp³-hybridized carbons (Fsp3) is 0.462. The van der Waals surface area contributed by atoms with E-state index in [2.05, 4.69) is 40.1 Å². The molecular weight excluding hydrogens is 379 g/mol. The largest absolute Gasteiger partial charge is 0.496 e. The second kappa shape index (κ2) is 8.60. The summed E-state index contributed by atoms with van der Waals surface area (Å²) in [6, 6.07) is 3.39. The van der Waals surface area contributed by atoms with Crippen LogP contribution in [0, 0.1) is 3.57 Å². The molecule has 1 rings (SSSR count). The molecule has 0 bridgehead atoms. The molecule has 0 aliphatic heterocycles. The second-order valence-corrected chi connectivity index (χ2v) is 5.54. The number of nitrogens with one attached hydrogen (secondary N) is 2. The van der Waals surface area contributed by atoms with Crippen molar-refractivity contribution in [2.45, 2.75) is 13.3 Å². The molecule has 19 heavy (non-hydrogen) atoms. The standard InChI is InChI=1S/C13H18ClIN2O2/c1-3-4-16-5-6-17-13(18)9-7-10(14)11(15)8-12(9)19-2/h7-8,16H,3-6H2,1-2H3,(H,17,18). The zero-order chi connectivity index (χ0) is 14.3. The van der Waals surface area contributed by atoms with E-state index in [9.17, 15) is 4.79 Å². The summed E-state index contributed by atoms with van der Waals surface area (Å²) in [6.07, 6.45) is 1.08. The zero-order valence-electron chi connectivity index (χ0n) is 11.1. The Morgan fingerprint density at radius 2 is 2.11 bits per heavy atom. The van der Waals surface area contributed by atoms with E-state index in [1.54, 1.807) is 19.2 Å². The van der Waals surface area contributed by atoms with Crippen LogP contribution in [0.2, 0.25) is 5.02 Å². The Labute approximate surface area is 132 Å². The summed E-state index contributed by atoms with van der Waals surface area (Å²) in [4.78, 5) is 12.0. The van der Waals surface area contributed by atoms with Gasteiger partial charge in [-0.3, -0.25) is 4.79 Å². The van der Waals surface area contributed by atoms with Gasteiger partial charge in [-0.2, -0.15) is 0 Å². The molecule has 0 radical (unpaired) electrons. The first-order chi connectivity index (χ1) is 9.10. The van der Waals surface area contributed by atoms with E-state index in [-0.39, 0.29) is 5.91 Å². The van der Waals surface area contributed by atoms with E-state index in [0.717, 1.165) is 23.1 Å². The van der Waals surface area contributed by atoms with Crippen LogP contribution in [-0.2, 0) is 0 Å². The molecule has 4 nitrogen and oxygen atoms in total. The van der Waals surface area contributed by atoms with Gasteiger partial charge in [0.2, 0.25) is 0 Å². The van der Waals surface area contributed by atoms with Crippen LogP contribution in [0.15, 0.2) is 12.1 Å². The van der Waals surface area contributed by atoms with E-state index in [4.69, 9.17) is 16.3 Å². The Bertz CT molecular complexity index is 441. The van der Waals surface area contributed by atoms with E-state index < -0.39 is 0 Å². The molecule has 0 spiro atoms. The zero-order valence-corrected chi connectivity index (χ0v) is 14.0. The molecule has 6 heteroatoms. The Morgan fingerprint density at radius 3 is 2.74 bits per heavy atom. The summed E-state index contributed by atoms with van der Waals surface area (Å²) in [7, 11) is 1.54. The number of carbonyl (C=O) groups excluding carboxylic acids is 1. The van der Waals surface area contributed by atoms with Crippen molar-refractivity contribution in [3.05, 3.63) is 26.3 Å². The molecule has 1 aromatic rings. The molecule has 0 atom stereocenters. The highest BCUT2D eigenvalue weighted by molar-refractivity contribution is 14.1. The quantitative estimate of drug-likeness (QED) is 0.550. The molecular formula is C13H18ClIN2O2. The molecule has 106 valence electrons. The van der Waals surface area contributed by atoms with Gasteiger partial charge in [-0.15, -0.1) is 0 Å². The lowest BCUT2D eigenvalue weighted by molar-refractivity contribution is 0.0951. The topological polar surface area (TPSA) is 50.4 Å². The minimum atomic E-state index is -0.173. The van der Waals surface area contributed by atoms with Crippen molar-refractivity contribution in [1.29, 1.82) is 0 Å². The van der Waals surface area contributed by atoms with Crippen LogP contribution >= 0.6 is 34.2 Å². The number of rotatable bonds is 7. The van der Waals surface area contributed by atoms with Gasteiger partial charge in [-0.05, 0) is 47.7 Å². The predicted octanol–water partition coefficient (Wildman–Crippen LogP) is 2.68. The van der Waals surface area contributed by atoms with E-state index >= 15 is 0 Å². The highest BCUT2D eigenvalue weighted by Gasteiger charge is 2.14. The van der Waals surface area contributed by atoms with E-state index in [1.165, 1.54) is 0 Å². The number of amides is 1. The number of ether oxygens (including phenoxy) is 1. The first kappa shape index (κ1) is 16.5. The normalized spacial score (nSPS) is 10.3. The summed E-state index contributed by atoms with van der Waals surface area (Å²) < 4.78 is 6.07. The highest BCUT2D eigenvalue weighted by atomic mass is 127. The van der Waals surface area contributed by atoms with Gasteiger partial charge in [0, 0.05) is 16.7 Å². The summed E-state index contributed by atoms with van der Waals surface area (Å²) >= 11 is 8.14. The van der Waals surface area contributed by atoms with Crippen LogP contribution in [0.3, 0.4) is 0 Å². The second-order valence-electron chi connectivity index (χ2n) is 3.97. The molecule has 0 aliphatic carbocycles. The molecule has 0 aromatic heterocycles. The van der Waals surface area contributed by atoms with Crippen molar-refractivity contribution < 1.29 is 9.53 Å². The molecule has 0 saturated carbocycles. The van der Waals surface area contributed by atoms with Gasteiger partial charge < -0.3 is 15.4 Å². The highest BCUT2D eigenvalue weighted by Crippen LogP contribution is 2.28. The SMILES string of the molecule is CCCNCCNC(=O)c1cc(Cl)c(I)cc1OC. The van der Waals surface area contributed by atoms with Gasteiger partial charge in [0.1, 0.15) is 5.75 Å². The summed E-state index contributed by atoms with van der Waals surface area (Å²) in [5.41, 5.74) is 0.461. The minimum Gasteiger partial charge on any atom is -0.496 e. The van der Waals surface area contributed by atoms with Gasteiger partial charge in [0.25, 0.3) is 5.91 Å². The van der Waals surface area contributed by atoms with E-state index in [0.29, 0.717) is 22.9 Å². The molecule has 0 fully saturated rings. The number of benzene rings is 1. The van der Waals surface area contributed by atoms with Crippen molar-refractivity contribution in [2.24, 2.45) is 0 Å². The average molecular weight is 397 g/mol. The van der Waals surface area contributed by atoms with Crippen LogP contribution in [0.5, 0.6) is 5.75 Å². The lowest BCUT2D eigenvalue weighted by Crippen LogP contribution is -2.32. The number of hydrogen-bond acceptors (Lipinski definition) is 3. The third kappa shape index (κ3) is 5.16. The Kier molecular flexibility index (Phi) is 7.48. The lowest BCUT2D eigenvalue weighted by Gasteiger charge is -2.11. The van der Waals surface area contributed by atoms with Crippen LogP contribution < -0.4 is 15.4 Å². The first-order valence-electron chi connectivity index (χ1n) is 6.12. The maximum atomic E-state index is 12.0. The van der Waals surface area contributed by atoms with Gasteiger partial charge in [-0.1, -0.05) is 18.5 Å². The van der Waals surface area contributed by atoms with Crippen LogP contribution in [0.4, 0.5) is 0 Å². The van der Waals surface area contributed by atoms with Crippen molar-refractivity contribution in [1.82, 2.24) is 10.6 Å². The van der Waals surface area contributed by atoms with Crippen molar-refractivity contribution in [3.63, 3.8) is 0 Å². The smallest absolute Gasteiger partial charge is 0.255 e. The number of methoxy groups -OCH3 is 1. The van der Waals surface area contributed by atoms with Crippen LogP contribution in [0.1, 0.15) is 23.7 Å². The number of carbonyl (C=O) groups is 1. The van der Waals surface area contributed by atoms with Crippen molar-refractivity contribution in [2.75, 3.05) is 26.7 Å². The number of hydrogen-bond donors (Lipinski definition) is 2. The number of halogens is 2. The monoisotopic (exact) mass is 396 g/mol. The Hall–Kier alpha value is -0.530. The molecule has 0 saturated heterocycles. The minimum absolute atomic E-state index is 0.173. The maximum Gasteiger partial charge on any atom is 0.255 e.